The molecule has 0 radical (unpaired) electrons. The van der Waals surface area contributed by atoms with Crippen molar-refractivity contribution in [2.24, 2.45) is 0 Å². The van der Waals surface area contributed by atoms with Crippen LogP contribution in [0.25, 0.3) is 265 Å². The molecule has 0 bridgehead atoms. The van der Waals surface area contributed by atoms with E-state index >= 15 is 0 Å². The van der Waals surface area contributed by atoms with E-state index in [0.717, 1.165) is 122 Å². The predicted octanol–water partition coefficient (Wildman–Crippen LogP) is 36.1. The van der Waals surface area contributed by atoms with Crippen LogP contribution in [-0.2, 0) is 10.8 Å². The molecule has 13 heteroatoms. The Morgan fingerprint density at radius 1 is 0.162 bits per heavy atom. The number of furan rings is 2. The van der Waals surface area contributed by atoms with Crippen LogP contribution in [0, 0.1) is 0 Å². The summed E-state index contributed by atoms with van der Waals surface area (Å²) in [5.41, 5.74) is 34.8. The third-order valence-corrected chi connectivity index (χ3v) is 31.5. The van der Waals surface area contributed by atoms with Crippen molar-refractivity contribution in [2.45, 2.75) is 38.5 Å². The first-order valence-corrected chi connectivity index (χ1v) is 51.5. The van der Waals surface area contributed by atoms with Gasteiger partial charge < -0.3 is 8.83 Å². The van der Waals surface area contributed by atoms with Gasteiger partial charge in [0.2, 0.25) is 0 Å². The van der Waals surface area contributed by atoms with Crippen molar-refractivity contribution in [3.63, 3.8) is 0 Å². The zero-order valence-electron chi connectivity index (χ0n) is 81.1. The fourth-order valence-electron chi connectivity index (χ4n) is 21.6. The molecule has 0 N–H and O–H groups in total. The summed E-state index contributed by atoms with van der Waals surface area (Å²) in [4.78, 5) is 44.2. The average Bonchev–Trinajstić information content (AvgIpc) is 1.54. The number of para-hydroxylation sites is 2. The summed E-state index contributed by atoms with van der Waals surface area (Å²) in [6.45, 7) is 9.47. The van der Waals surface area contributed by atoms with Gasteiger partial charge in [0, 0.05) is 123 Å². The molecule has 7 aromatic heterocycles. The van der Waals surface area contributed by atoms with Crippen LogP contribution in [-0.4, -0.2) is 44.9 Å². The lowest BCUT2D eigenvalue weighted by molar-refractivity contribution is 0.652. The molecule has 11 nitrogen and oxygen atoms in total. The van der Waals surface area contributed by atoms with Gasteiger partial charge in [0.25, 0.3) is 0 Å². The molecule has 27 aromatic rings. The van der Waals surface area contributed by atoms with Gasteiger partial charge in [-0.15, -0.1) is 22.7 Å². The minimum absolute atomic E-state index is 0.0238. The Labute approximate surface area is 862 Å². The van der Waals surface area contributed by atoms with Crippen molar-refractivity contribution in [1.82, 2.24) is 44.9 Å². The SMILES string of the molecule is CC1(C)c2ccccc2-c2cc3c(cc21)-c1ccc(-c2cccc(-c4nc(-c5ccccc5)nc(-c5ccccc5)n4)c2)cc1C3(C)C.c1ccc(-c2nc(-c3ccccc3)nc(-c3ccc(-c4cccc(-c5ccc6c(c5)sc5ccc7c8ccccc8oc7c56)c4)cc3)n2)cc1.c1ccc(-c2nc(-c3ccccc3)nc(-c3cccc(-c4cccc(-c5ccc6sc7ccc8c9ccccc9oc8c7c6c5)c4)c3)n2)cc1. The van der Waals surface area contributed by atoms with E-state index in [4.69, 9.17) is 53.7 Å². The molecule has 0 aliphatic heterocycles. The third-order valence-electron chi connectivity index (χ3n) is 29.2. The minimum Gasteiger partial charge on any atom is -0.455 e. The van der Waals surface area contributed by atoms with Crippen LogP contribution in [0.2, 0.25) is 0 Å². The van der Waals surface area contributed by atoms with E-state index in [-0.39, 0.29) is 10.8 Å². The molecule has 0 atom stereocenters. The Hall–Kier alpha value is -18.5. The highest BCUT2D eigenvalue weighted by Gasteiger charge is 2.42. The number of nitrogens with zero attached hydrogens (tertiary/aromatic N) is 9. The highest BCUT2D eigenvalue weighted by atomic mass is 32.1. The Kier molecular flexibility index (Phi) is 21.7. The summed E-state index contributed by atoms with van der Waals surface area (Å²) in [5.74, 6) is 5.90. The summed E-state index contributed by atoms with van der Waals surface area (Å²) in [6.07, 6.45) is 0. The van der Waals surface area contributed by atoms with Crippen LogP contribution in [0.3, 0.4) is 0 Å². The predicted molar refractivity (Wildman–Crippen MR) is 611 cm³/mol. The summed E-state index contributed by atoms with van der Waals surface area (Å²) < 4.78 is 17.8. The summed E-state index contributed by atoms with van der Waals surface area (Å²) in [5, 5.41) is 9.47. The molecule has 29 rings (SSSR count). The van der Waals surface area contributed by atoms with E-state index in [0.29, 0.717) is 52.4 Å². The number of fused-ring (bicyclic) bond motifs is 20. The van der Waals surface area contributed by atoms with E-state index in [1.807, 2.05) is 229 Å². The molecule has 698 valence electrons. The van der Waals surface area contributed by atoms with Gasteiger partial charge in [0.15, 0.2) is 52.4 Å². The van der Waals surface area contributed by atoms with Gasteiger partial charge in [-0.2, -0.15) is 0 Å². The first-order chi connectivity index (χ1) is 72.8. The second kappa shape index (κ2) is 36.4. The quantitative estimate of drug-likeness (QED) is 0.103. The normalized spacial score (nSPS) is 12.6. The van der Waals surface area contributed by atoms with Crippen LogP contribution >= 0.6 is 22.7 Å². The molecule has 0 spiro atoms. The smallest absolute Gasteiger partial charge is 0.164 e. The molecule has 0 saturated carbocycles. The molecular weight excluding hydrogens is 1840 g/mol. The van der Waals surface area contributed by atoms with Crippen molar-refractivity contribution in [2.75, 3.05) is 0 Å². The second-order valence-electron chi connectivity index (χ2n) is 39.0. The highest BCUT2D eigenvalue weighted by Crippen LogP contribution is 2.57. The third kappa shape index (κ3) is 16.0. The summed E-state index contributed by atoms with van der Waals surface area (Å²) in [6, 6.07) is 164. The van der Waals surface area contributed by atoms with Gasteiger partial charge in [0.05, 0.1) is 0 Å². The molecule has 0 unspecified atom stereocenters. The number of hydrogen-bond acceptors (Lipinski definition) is 13. The van der Waals surface area contributed by atoms with E-state index < -0.39 is 0 Å². The number of rotatable bonds is 14. The number of aromatic nitrogens is 9. The monoisotopic (exact) mass is 1930 g/mol. The first-order valence-electron chi connectivity index (χ1n) is 49.9. The second-order valence-corrected chi connectivity index (χ2v) is 41.1. The molecule has 7 heterocycles. The molecule has 0 fully saturated rings. The van der Waals surface area contributed by atoms with Crippen molar-refractivity contribution in [1.29, 1.82) is 0 Å². The number of hydrogen-bond donors (Lipinski definition) is 0. The van der Waals surface area contributed by atoms with Gasteiger partial charge in [-0.25, -0.2) is 44.9 Å². The Balaban J connectivity index is 0.000000110. The van der Waals surface area contributed by atoms with Crippen molar-refractivity contribution in [3.05, 3.63) is 489 Å². The molecule has 0 amide bonds. The average molecular weight is 1930 g/mol. The van der Waals surface area contributed by atoms with Crippen molar-refractivity contribution in [3.8, 4) is 180 Å². The van der Waals surface area contributed by atoms with Crippen LogP contribution < -0.4 is 0 Å². The standard InChI is InChI=1S/2C45H27N3OS.C45H35N3/c1-3-11-28(12-4-1)43-46-44(29-13-5-2-6-14-29)48-45(47-43)34-18-10-17-32(26-34)30-15-9-16-31(25-30)33-21-23-39-37(27-33)41-40(50-39)24-22-36-35-19-7-8-20-38(35)49-42(36)41;1-3-10-29(11-4-1)43-46-44(30-12-5-2-6-13-30)48-45(47-43)31-20-18-28(19-21-31)32-14-9-15-33(26-32)34-22-23-37-40(27-34)50-39-25-24-36-35-16-7-8-17-38(35)49-42(36)41(37)39;1-44(2)37-21-12-11-20-33(37)35-26-40-36(27-39(35)44)34-23-22-31(25-38(34)45(40,3)4)30-18-13-19-32(24-30)43-47-41(28-14-7-5-8-15-28)46-42(48-43)29-16-9-6-10-17-29/h2*1-27H;5-27H,1-4H3. The fraction of sp³-hybridized carbons (Fsp3) is 0.0444. The van der Waals surface area contributed by atoms with Gasteiger partial charge in [-0.3, -0.25) is 0 Å². The van der Waals surface area contributed by atoms with Crippen LogP contribution in [0.4, 0.5) is 0 Å². The Bertz CT molecular complexity index is 9740. The number of thiophene rings is 2. The Morgan fingerprint density at radius 2 is 0.432 bits per heavy atom. The van der Waals surface area contributed by atoms with Crippen LogP contribution in [0.15, 0.2) is 476 Å². The van der Waals surface area contributed by atoms with E-state index in [1.165, 1.54) is 112 Å². The fourth-order valence-corrected chi connectivity index (χ4v) is 23.8. The van der Waals surface area contributed by atoms with Crippen LogP contribution in [0.1, 0.15) is 49.9 Å². The first kappa shape index (κ1) is 88.4. The largest absolute Gasteiger partial charge is 0.455 e. The minimum atomic E-state index is -0.127. The molecule has 2 aliphatic carbocycles. The Morgan fingerprint density at radius 3 is 0.865 bits per heavy atom. The van der Waals surface area contributed by atoms with E-state index in [9.17, 15) is 0 Å². The molecular formula is C135H89N9O2S2. The van der Waals surface area contributed by atoms with Gasteiger partial charge in [0.1, 0.15) is 22.3 Å². The van der Waals surface area contributed by atoms with Crippen molar-refractivity contribution >= 4 is 107 Å². The lowest BCUT2D eigenvalue weighted by Gasteiger charge is -2.24. The maximum absolute atomic E-state index is 6.46. The molecule has 0 saturated heterocycles. The van der Waals surface area contributed by atoms with Gasteiger partial charge in [-0.05, 0) is 197 Å². The zero-order chi connectivity index (χ0) is 98.7. The maximum atomic E-state index is 6.46. The summed E-state index contributed by atoms with van der Waals surface area (Å²) in [7, 11) is 0. The van der Waals surface area contributed by atoms with Gasteiger partial charge in [-0.1, -0.05) is 398 Å². The maximum Gasteiger partial charge on any atom is 0.164 e. The molecule has 148 heavy (non-hydrogen) atoms. The van der Waals surface area contributed by atoms with E-state index in [2.05, 4.69) is 289 Å². The number of benzene rings is 20. The van der Waals surface area contributed by atoms with Gasteiger partial charge >= 0.3 is 0 Å². The topological polar surface area (TPSA) is 142 Å². The zero-order valence-corrected chi connectivity index (χ0v) is 82.7. The lowest BCUT2D eigenvalue weighted by atomic mass is 9.79. The van der Waals surface area contributed by atoms with Crippen LogP contribution in [0.5, 0.6) is 0 Å². The van der Waals surface area contributed by atoms with Crippen molar-refractivity contribution < 1.29 is 8.83 Å². The molecule has 2 aliphatic rings. The molecule has 20 aromatic carbocycles. The lowest BCUT2D eigenvalue weighted by Crippen LogP contribution is -2.17. The van der Waals surface area contributed by atoms with E-state index in [1.54, 1.807) is 0 Å². The highest BCUT2D eigenvalue weighted by molar-refractivity contribution is 7.26. The summed E-state index contributed by atoms with van der Waals surface area (Å²) >= 11 is 3.63.